The number of hydrogen-bond acceptors (Lipinski definition) is 2. The van der Waals surface area contributed by atoms with E-state index in [-0.39, 0.29) is 16.5 Å². The second-order valence-electron chi connectivity index (χ2n) is 12.5. The summed E-state index contributed by atoms with van der Waals surface area (Å²) in [4.78, 5) is 0. The van der Waals surface area contributed by atoms with Crippen molar-refractivity contribution in [1.82, 2.24) is 0 Å². The van der Waals surface area contributed by atoms with E-state index in [9.17, 15) is 5.41 Å². The van der Waals surface area contributed by atoms with E-state index in [2.05, 4.69) is 75.4 Å². The Hall–Kier alpha value is -4.24. The molecule has 204 valence electrons. The number of allylic oxidation sites excluding steroid dienone is 8. The van der Waals surface area contributed by atoms with Gasteiger partial charge in [-0.1, -0.05) is 106 Å². The van der Waals surface area contributed by atoms with Crippen molar-refractivity contribution in [2.75, 3.05) is 0 Å². The molecule has 0 radical (unpaired) electrons. The van der Waals surface area contributed by atoms with Crippen molar-refractivity contribution >= 4 is 11.4 Å². The molecule has 1 N–H and O–H groups in total. The molecule has 3 aliphatic carbocycles. The first kappa shape index (κ1) is 25.7. The molecular formula is C38H35N2O-. The van der Waals surface area contributed by atoms with Gasteiger partial charge in [-0.3, -0.25) is 0 Å². The smallest absolute Gasteiger partial charge is 0.131 e. The van der Waals surface area contributed by atoms with Gasteiger partial charge in [0.25, 0.3) is 0 Å². The molecule has 1 aliphatic heterocycles. The van der Waals surface area contributed by atoms with Gasteiger partial charge in [0.05, 0.1) is 11.1 Å². The lowest BCUT2D eigenvalue weighted by Gasteiger charge is -2.49. The third-order valence-electron chi connectivity index (χ3n) is 9.85. The Balaban J connectivity index is 1.41. The first-order valence-electron chi connectivity index (χ1n) is 14.7. The van der Waals surface area contributed by atoms with E-state index in [1.807, 2.05) is 42.5 Å². The molecule has 1 heterocycles. The summed E-state index contributed by atoms with van der Waals surface area (Å²) in [5, 5.41) is 19.8. The highest BCUT2D eigenvalue weighted by Crippen LogP contribution is 2.70. The molecule has 41 heavy (non-hydrogen) atoms. The summed E-state index contributed by atoms with van der Waals surface area (Å²) in [5.41, 5.74) is 6.91. The molecule has 0 aromatic heterocycles. The molecule has 7 rings (SSSR count). The number of fused-ring (bicyclic) bond motifs is 8. The van der Waals surface area contributed by atoms with Crippen LogP contribution in [0.4, 0.5) is 0 Å². The highest BCUT2D eigenvalue weighted by molar-refractivity contribution is 6.16. The van der Waals surface area contributed by atoms with E-state index in [1.54, 1.807) is 12.2 Å². The highest BCUT2D eigenvalue weighted by atomic mass is 16.5. The lowest BCUT2D eigenvalue weighted by atomic mass is 9.55. The van der Waals surface area contributed by atoms with Gasteiger partial charge in [0, 0.05) is 16.5 Å². The molecule has 3 nitrogen and oxygen atoms in total. The fourth-order valence-electron chi connectivity index (χ4n) is 7.93. The van der Waals surface area contributed by atoms with Crippen LogP contribution in [0.3, 0.4) is 0 Å². The van der Waals surface area contributed by atoms with Crippen molar-refractivity contribution in [3.63, 3.8) is 0 Å². The molecule has 0 amide bonds. The largest absolute Gasteiger partial charge is 0.803 e. The Kier molecular flexibility index (Phi) is 5.90. The van der Waals surface area contributed by atoms with Crippen LogP contribution in [0.2, 0.25) is 0 Å². The van der Waals surface area contributed by atoms with Crippen molar-refractivity contribution in [2.24, 2.45) is 23.2 Å². The first-order chi connectivity index (χ1) is 19.8. The van der Waals surface area contributed by atoms with Gasteiger partial charge in [-0.25, -0.2) is 0 Å². The molecule has 4 unspecified atom stereocenters. The van der Waals surface area contributed by atoms with E-state index in [0.717, 1.165) is 41.0 Å². The highest BCUT2D eigenvalue weighted by Gasteiger charge is 2.63. The predicted molar refractivity (Wildman–Crippen MR) is 168 cm³/mol. The first-order valence-corrected chi connectivity index (χ1v) is 14.7. The van der Waals surface area contributed by atoms with Gasteiger partial charge in [0.2, 0.25) is 0 Å². The summed E-state index contributed by atoms with van der Waals surface area (Å²) in [6.45, 7) is 7.06. The minimum absolute atomic E-state index is 0.0906. The van der Waals surface area contributed by atoms with Crippen molar-refractivity contribution in [1.29, 1.82) is 5.41 Å². The molecule has 3 aromatic carbocycles. The molecule has 5 atom stereocenters. The van der Waals surface area contributed by atoms with Crippen LogP contribution in [0.25, 0.3) is 5.41 Å². The maximum absolute atomic E-state index is 11.3. The average Bonchev–Trinajstić information content (AvgIpc) is 3.20. The van der Waals surface area contributed by atoms with Crippen LogP contribution in [0.5, 0.6) is 11.5 Å². The Labute approximate surface area is 243 Å². The van der Waals surface area contributed by atoms with Gasteiger partial charge < -0.3 is 15.6 Å². The minimum Gasteiger partial charge on any atom is -0.803 e. The minimum atomic E-state index is -0.358. The van der Waals surface area contributed by atoms with Crippen molar-refractivity contribution < 1.29 is 4.74 Å². The van der Waals surface area contributed by atoms with Crippen LogP contribution in [0.1, 0.15) is 55.9 Å². The quantitative estimate of drug-likeness (QED) is 0.263. The molecule has 0 saturated heterocycles. The number of nitrogens with zero attached hydrogens (tertiary/aromatic N) is 1. The zero-order valence-corrected chi connectivity index (χ0v) is 23.9. The number of ether oxygens (including phenoxy) is 1. The van der Waals surface area contributed by atoms with Gasteiger partial charge in [0.1, 0.15) is 11.5 Å². The molecule has 3 heteroatoms. The van der Waals surface area contributed by atoms with Crippen LogP contribution in [0, 0.1) is 28.6 Å². The Morgan fingerprint density at radius 2 is 1.63 bits per heavy atom. The van der Waals surface area contributed by atoms with E-state index in [4.69, 9.17) is 10.1 Å². The third-order valence-corrected chi connectivity index (χ3v) is 9.85. The van der Waals surface area contributed by atoms with Crippen LogP contribution in [0.15, 0.2) is 120 Å². The van der Waals surface area contributed by atoms with Crippen LogP contribution < -0.4 is 4.74 Å². The number of rotatable bonds is 4. The Morgan fingerprint density at radius 3 is 2.46 bits per heavy atom. The number of benzene rings is 3. The Morgan fingerprint density at radius 1 is 0.878 bits per heavy atom. The van der Waals surface area contributed by atoms with E-state index in [1.165, 1.54) is 16.7 Å². The fourth-order valence-corrected chi connectivity index (χ4v) is 7.93. The molecule has 3 aromatic rings. The third kappa shape index (κ3) is 3.79. The van der Waals surface area contributed by atoms with Crippen LogP contribution in [-0.4, -0.2) is 11.4 Å². The van der Waals surface area contributed by atoms with Gasteiger partial charge in [-0.05, 0) is 77.1 Å². The fraction of sp³-hybridized carbons (Fsp3) is 0.263. The zero-order valence-electron chi connectivity index (χ0n) is 23.9. The monoisotopic (exact) mass is 535 g/mol. The zero-order chi connectivity index (χ0) is 28.4. The van der Waals surface area contributed by atoms with Gasteiger partial charge >= 0.3 is 0 Å². The second kappa shape index (κ2) is 9.41. The van der Waals surface area contributed by atoms with Gasteiger partial charge in [-0.15, -0.1) is 0 Å². The van der Waals surface area contributed by atoms with Crippen molar-refractivity contribution in [3.8, 4) is 11.5 Å². The van der Waals surface area contributed by atoms with Gasteiger partial charge in [0.15, 0.2) is 0 Å². The normalized spacial score (nSPS) is 29.1. The van der Waals surface area contributed by atoms with E-state index in [0.29, 0.717) is 23.5 Å². The SMILES string of the molecule is CC1C=CC2=C(C1)[C@]1(c3ccccc3Oc3ccc(C(=[N-])/C=C\C(=N)c4ccccc4)cc31)C1CC(C)C=CC21C. The summed E-state index contributed by atoms with van der Waals surface area (Å²) in [7, 11) is 0. The van der Waals surface area contributed by atoms with Crippen LogP contribution in [-0.2, 0) is 5.41 Å². The average molecular weight is 536 g/mol. The van der Waals surface area contributed by atoms with Gasteiger partial charge in [-0.2, -0.15) is 5.71 Å². The summed E-state index contributed by atoms with van der Waals surface area (Å²) >= 11 is 0. The predicted octanol–water partition coefficient (Wildman–Crippen LogP) is 9.19. The number of hydrogen-bond donors (Lipinski definition) is 1. The number of para-hydroxylation sites is 1. The van der Waals surface area contributed by atoms with E-state index >= 15 is 0 Å². The molecular weight excluding hydrogens is 500 g/mol. The lowest BCUT2D eigenvalue weighted by molar-refractivity contribution is 0.197. The summed E-state index contributed by atoms with van der Waals surface area (Å²) in [6, 6.07) is 24.3. The molecule has 0 fully saturated rings. The molecule has 1 spiro atoms. The summed E-state index contributed by atoms with van der Waals surface area (Å²) in [6.07, 6.45) is 15.0. The molecule has 0 bridgehead atoms. The standard InChI is InChI=1S/C38H35N2O/c1-24-13-15-28-30(21-24)38(36-22-25(2)19-20-37(28,36)3)29-11-7-8-12-34(29)41-35-18-14-27(23-31(35)38)33(40)17-16-32(39)26-9-5-4-6-10-26/h4-20,23-25,36,39H,21-22H2,1-3H3/q-1/b17-16-,39-32?/t24?,25?,36?,37?,38-/m0/s1. The number of nitrogens with one attached hydrogen (secondary N) is 1. The van der Waals surface area contributed by atoms with Crippen LogP contribution >= 0.6 is 0 Å². The lowest BCUT2D eigenvalue weighted by Crippen LogP contribution is -2.44. The second-order valence-corrected chi connectivity index (χ2v) is 12.5. The summed E-state index contributed by atoms with van der Waals surface area (Å²) < 4.78 is 6.60. The topological polar surface area (TPSA) is 55.4 Å². The molecule has 0 saturated carbocycles. The molecule has 4 aliphatic rings. The maximum atomic E-state index is 11.3. The van der Waals surface area contributed by atoms with E-state index < -0.39 is 0 Å². The Bertz CT molecular complexity index is 1710. The maximum Gasteiger partial charge on any atom is 0.131 e. The van der Waals surface area contributed by atoms with Crippen molar-refractivity contribution in [3.05, 3.63) is 148 Å². The summed E-state index contributed by atoms with van der Waals surface area (Å²) in [5.74, 6) is 3.03. The van der Waals surface area contributed by atoms with Crippen molar-refractivity contribution in [2.45, 2.75) is 39.0 Å².